The minimum Gasteiger partial charge on any atom is -0.496 e. The lowest BCUT2D eigenvalue weighted by molar-refractivity contribution is 0.0630. The summed E-state index contributed by atoms with van der Waals surface area (Å²) in [5.41, 5.74) is 6.92. The van der Waals surface area contributed by atoms with E-state index in [1.807, 2.05) is 18.2 Å². The van der Waals surface area contributed by atoms with Crippen LogP contribution in [0.25, 0.3) is 0 Å². The van der Waals surface area contributed by atoms with Gasteiger partial charge in [0.15, 0.2) is 0 Å². The van der Waals surface area contributed by atoms with Crippen LogP contribution in [0.5, 0.6) is 11.5 Å². The van der Waals surface area contributed by atoms with Crippen LogP contribution in [0.4, 0.5) is 0 Å². The fraction of sp³-hybridized carbons (Fsp3) is 0.538. The topological polar surface area (TPSA) is 62.9 Å². The molecule has 5 nitrogen and oxygen atoms in total. The van der Waals surface area contributed by atoms with Gasteiger partial charge in [-0.3, -0.25) is 0 Å². The molecular weight excluding hydrogens is 234 g/mol. The van der Waals surface area contributed by atoms with E-state index in [0.29, 0.717) is 31.3 Å². The van der Waals surface area contributed by atoms with Crippen molar-refractivity contribution in [1.29, 1.82) is 0 Å². The number of hydrogen-bond donors (Lipinski definition) is 1. The highest BCUT2D eigenvalue weighted by Gasteiger charge is 2.17. The van der Waals surface area contributed by atoms with Crippen molar-refractivity contribution in [3.63, 3.8) is 0 Å². The van der Waals surface area contributed by atoms with Gasteiger partial charge in [0.2, 0.25) is 0 Å². The Kier molecular flexibility index (Phi) is 6.49. The molecule has 0 aromatic heterocycles. The molecule has 18 heavy (non-hydrogen) atoms. The lowest BCUT2D eigenvalue weighted by Crippen LogP contribution is -2.20. The fourth-order valence-electron chi connectivity index (χ4n) is 1.68. The Hall–Kier alpha value is -1.30. The second-order valence-electron chi connectivity index (χ2n) is 3.75. The minimum absolute atomic E-state index is 0.298. The highest BCUT2D eigenvalue weighted by atomic mass is 16.5. The van der Waals surface area contributed by atoms with Crippen LogP contribution in [-0.2, 0) is 9.47 Å². The first-order chi connectivity index (χ1) is 8.74. The molecule has 0 radical (unpaired) electrons. The third kappa shape index (κ3) is 3.87. The van der Waals surface area contributed by atoms with E-state index in [1.54, 1.807) is 21.3 Å². The largest absolute Gasteiger partial charge is 0.496 e. The van der Waals surface area contributed by atoms with E-state index >= 15 is 0 Å². The van der Waals surface area contributed by atoms with Crippen molar-refractivity contribution >= 4 is 0 Å². The molecule has 0 spiro atoms. The highest BCUT2D eigenvalue weighted by molar-refractivity contribution is 5.46. The predicted octanol–water partition coefficient (Wildman–Crippen LogP) is 1.37. The predicted molar refractivity (Wildman–Crippen MR) is 69.2 cm³/mol. The van der Waals surface area contributed by atoms with Gasteiger partial charge in [-0.15, -0.1) is 0 Å². The van der Waals surface area contributed by atoms with Gasteiger partial charge in [0.05, 0.1) is 45.6 Å². The summed E-state index contributed by atoms with van der Waals surface area (Å²) in [6.45, 7) is 1.46. The molecule has 1 unspecified atom stereocenters. The summed E-state index contributed by atoms with van der Waals surface area (Å²) in [5, 5.41) is 0. The number of methoxy groups -OCH3 is 3. The van der Waals surface area contributed by atoms with Crippen LogP contribution in [0.1, 0.15) is 11.6 Å². The first-order valence-electron chi connectivity index (χ1n) is 5.77. The number of hydrogen-bond acceptors (Lipinski definition) is 5. The Labute approximate surface area is 108 Å². The summed E-state index contributed by atoms with van der Waals surface area (Å²) in [4.78, 5) is 0. The number of benzene rings is 1. The summed E-state index contributed by atoms with van der Waals surface area (Å²) < 4.78 is 20.9. The maximum Gasteiger partial charge on any atom is 0.127 e. The molecule has 0 saturated carbocycles. The van der Waals surface area contributed by atoms with Crippen molar-refractivity contribution in [3.05, 3.63) is 23.8 Å². The third-order valence-electron chi connectivity index (χ3n) is 2.57. The molecular formula is C13H21NO4. The average Bonchev–Trinajstić information content (AvgIpc) is 2.42. The Morgan fingerprint density at radius 2 is 1.67 bits per heavy atom. The highest BCUT2D eigenvalue weighted by Crippen LogP contribution is 2.32. The Balaban J connectivity index is 2.73. The Morgan fingerprint density at radius 3 is 2.17 bits per heavy atom. The molecule has 0 aliphatic heterocycles. The van der Waals surface area contributed by atoms with E-state index in [-0.39, 0.29) is 6.04 Å². The van der Waals surface area contributed by atoms with E-state index < -0.39 is 0 Å². The minimum atomic E-state index is -0.298. The maximum absolute atomic E-state index is 6.10. The van der Waals surface area contributed by atoms with Crippen molar-refractivity contribution in [1.82, 2.24) is 0 Å². The molecule has 2 N–H and O–H groups in total. The van der Waals surface area contributed by atoms with E-state index in [4.69, 9.17) is 24.7 Å². The zero-order valence-electron chi connectivity index (χ0n) is 11.1. The molecule has 0 saturated heterocycles. The van der Waals surface area contributed by atoms with Gasteiger partial charge >= 0.3 is 0 Å². The van der Waals surface area contributed by atoms with Crippen LogP contribution >= 0.6 is 0 Å². The quantitative estimate of drug-likeness (QED) is 0.711. The fourth-order valence-corrected chi connectivity index (χ4v) is 1.68. The van der Waals surface area contributed by atoms with Crippen LogP contribution in [0, 0.1) is 0 Å². The van der Waals surface area contributed by atoms with Gasteiger partial charge < -0.3 is 24.7 Å². The standard InChI is InChI=1S/C13H21NO4/c1-15-7-8-18-9-10(14)13-11(16-2)5-4-6-12(13)17-3/h4-6,10H,7-9,14H2,1-3H3. The third-order valence-corrected chi connectivity index (χ3v) is 2.57. The number of ether oxygens (including phenoxy) is 4. The molecule has 0 fully saturated rings. The Morgan fingerprint density at radius 1 is 1.06 bits per heavy atom. The number of nitrogens with two attached hydrogens (primary N) is 1. The van der Waals surface area contributed by atoms with Crippen molar-refractivity contribution < 1.29 is 18.9 Å². The zero-order valence-corrected chi connectivity index (χ0v) is 11.1. The van der Waals surface area contributed by atoms with E-state index in [2.05, 4.69) is 0 Å². The lowest BCUT2D eigenvalue weighted by Gasteiger charge is -2.18. The van der Waals surface area contributed by atoms with Gasteiger partial charge in [-0.25, -0.2) is 0 Å². The molecule has 1 aromatic carbocycles. The maximum atomic E-state index is 6.10. The Bertz CT molecular complexity index is 335. The normalized spacial score (nSPS) is 12.2. The van der Waals surface area contributed by atoms with E-state index in [9.17, 15) is 0 Å². The van der Waals surface area contributed by atoms with Crippen LogP contribution in [0.3, 0.4) is 0 Å². The molecule has 0 heterocycles. The molecule has 0 aliphatic carbocycles. The van der Waals surface area contributed by atoms with Crippen molar-refractivity contribution in [2.24, 2.45) is 5.73 Å². The van der Waals surface area contributed by atoms with Gasteiger partial charge in [-0.1, -0.05) is 6.07 Å². The lowest BCUT2D eigenvalue weighted by atomic mass is 10.1. The first kappa shape index (κ1) is 14.8. The monoisotopic (exact) mass is 255 g/mol. The summed E-state index contributed by atoms with van der Waals surface area (Å²) in [6, 6.07) is 5.27. The molecule has 5 heteroatoms. The summed E-state index contributed by atoms with van der Waals surface area (Å²) >= 11 is 0. The van der Waals surface area contributed by atoms with Gasteiger partial charge in [0, 0.05) is 7.11 Å². The van der Waals surface area contributed by atoms with Crippen molar-refractivity contribution in [3.8, 4) is 11.5 Å². The smallest absolute Gasteiger partial charge is 0.127 e. The van der Waals surface area contributed by atoms with Crippen LogP contribution in [-0.4, -0.2) is 41.2 Å². The summed E-state index contributed by atoms with van der Waals surface area (Å²) in [7, 11) is 4.85. The zero-order chi connectivity index (χ0) is 13.4. The first-order valence-corrected chi connectivity index (χ1v) is 5.77. The van der Waals surface area contributed by atoms with E-state index in [1.165, 1.54) is 0 Å². The second-order valence-corrected chi connectivity index (χ2v) is 3.75. The van der Waals surface area contributed by atoms with Crippen molar-refractivity contribution in [2.45, 2.75) is 6.04 Å². The molecule has 1 aromatic rings. The second kappa shape index (κ2) is 7.92. The van der Waals surface area contributed by atoms with Gasteiger partial charge in [0.1, 0.15) is 11.5 Å². The van der Waals surface area contributed by atoms with Crippen LogP contribution in [0.15, 0.2) is 18.2 Å². The SMILES string of the molecule is COCCOCC(N)c1c(OC)cccc1OC. The molecule has 0 amide bonds. The molecule has 102 valence electrons. The molecule has 0 aliphatic rings. The van der Waals surface area contributed by atoms with Crippen LogP contribution in [0.2, 0.25) is 0 Å². The van der Waals surface area contributed by atoms with Gasteiger partial charge in [-0.05, 0) is 12.1 Å². The van der Waals surface area contributed by atoms with Crippen LogP contribution < -0.4 is 15.2 Å². The molecule has 1 atom stereocenters. The van der Waals surface area contributed by atoms with Gasteiger partial charge in [-0.2, -0.15) is 0 Å². The summed E-state index contributed by atoms with van der Waals surface area (Å²) in [6.07, 6.45) is 0. The summed E-state index contributed by atoms with van der Waals surface area (Å²) in [5.74, 6) is 1.41. The average molecular weight is 255 g/mol. The molecule has 0 bridgehead atoms. The molecule has 1 rings (SSSR count). The van der Waals surface area contributed by atoms with Crippen molar-refractivity contribution in [2.75, 3.05) is 41.2 Å². The van der Waals surface area contributed by atoms with Gasteiger partial charge in [0.25, 0.3) is 0 Å². The van der Waals surface area contributed by atoms with E-state index in [0.717, 1.165) is 5.56 Å². The number of rotatable bonds is 8.